The van der Waals surface area contributed by atoms with E-state index in [1.807, 2.05) is 0 Å². The summed E-state index contributed by atoms with van der Waals surface area (Å²) in [4.78, 5) is 0. The van der Waals surface area contributed by atoms with Crippen LogP contribution in [0.5, 0.6) is 0 Å². The molecule has 0 saturated heterocycles. The van der Waals surface area contributed by atoms with E-state index in [0.717, 1.165) is 11.8 Å². The monoisotopic (exact) mass is 252 g/mol. The minimum atomic E-state index is 0.508. The number of rotatable bonds is 10. The second-order valence-corrected chi connectivity index (χ2v) is 7.95. The van der Waals surface area contributed by atoms with Crippen LogP contribution in [0.1, 0.15) is 86.0 Å². The highest BCUT2D eigenvalue weighted by Gasteiger charge is 2.24. The standard InChI is InChI=1S/C16H33.Al/c1-6-7-8-9-10-11-16(12-14(2)3)13-15(4)5;/h14-15H,6-13H2,1-5H3;. The van der Waals surface area contributed by atoms with Gasteiger partial charge in [-0.2, -0.15) is 0 Å². The summed E-state index contributed by atoms with van der Waals surface area (Å²) in [6.07, 6.45) is 11.2. The zero-order chi connectivity index (χ0) is 13.3. The molecule has 2 radical (unpaired) electrons. The number of hydrogen-bond donors (Lipinski definition) is 0. The molecule has 0 aliphatic rings. The summed E-state index contributed by atoms with van der Waals surface area (Å²) in [6.45, 7) is 11.7. The van der Waals surface area contributed by atoms with E-state index in [1.54, 1.807) is 0 Å². The summed E-state index contributed by atoms with van der Waals surface area (Å²) in [7, 11) is 0. The van der Waals surface area contributed by atoms with E-state index in [0.29, 0.717) is 4.28 Å². The smallest absolute Gasteiger partial charge is 0.0962 e. The highest BCUT2D eigenvalue weighted by atomic mass is 27.0. The maximum atomic E-state index is 3.20. The van der Waals surface area contributed by atoms with E-state index in [9.17, 15) is 0 Å². The van der Waals surface area contributed by atoms with Crippen LogP contribution >= 0.6 is 0 Å². The third kappa shape index (κ3) is 10.2. The fourth-order valence-electron chi connectivity index (χ4n) is 2.99. The normalized spacial score (nSPS) is 12.6. The van der Waals surface area contributed by atoms with Crippen LogP contribution < -0.4 is 0 Å². The summed E-state index contributed by atoms with van der Waals surface area (Å²) in [5.74, 6) is 1.64. The lowest BCUT2D eigenvalue weighted by Crippen LogP contribution is -2.18. The minimum Gasteiger partial charge on any atom is -0.0962 e. The molecule has 1 heteroatoms. The molecule has 0 saturated carbocycles. The first-order valence-electron chi connectivity index (χ1n) is 7.68. The van der Waals surface area contributed by atoms with Crippen molar-refractivity contribution in [2.45, 2.75) is 90.3 Å². The van der Waals surface area contributed by atoms with Crippen LogP contribution in [0.3, 0.4) is 0 Å². The van der Waals surface area contributed by atoms with Gasteiger partial charge in [-0.3, -0.25) is 0 Å². The van der Waals surface area contributed by atoms with Crippen molar-refractivity contribution in [1.29, 1.82) is 0 Å². The van der Waals surface area contributed by atoms with Crippen molar-refractivity contribution in [2.75, 3.05) is 0 Å². The average molecular weight is 252 g/mol. The van der Waals surface area contributed by atoms with Crippen molar-refractivity contribution in [2.24, 2.45) is 11.8 Å². The van der Waals surface area contributed by atoms with Crippen LogP contribution in [0.25, 0.3) is 0 Å². The van der Waals surface area contributed by atoms with Crippen LogP contribution in [0.15, 0.2) is 0 Å². The first-order valence-corrected chi connectivity index (χ1v) is 8.26. The van der Waals surface area contributed by atoms with E-state index in [4.69, 9.17) is 0 Å². The lowest BCUT2D eigenvalue weighted by Gasteiger charge is -2.35. The van der Waals surface area contributed by atoms with Crippen molar-refractivity contribution >= 4 is 16.3 Å². The molecule has 0 aromatic heterocycles. The molecule has 0 aliphatic heterocycles. The first-order chi connectivity index (χ1) is 7.89. The fraction of sp³-hybridized carbons (Fsp3) is 1.00. The van der Waals surface area contributed by atoms with Gasteiger partial charge < -0.3 is 0 Å². The molecule has 0 N–H and O–H groups in total. The number of unbranched alkanes of at least 4 members (excludes halogenated alkanes) is 4. The molecule has 0 aliphatic carbocycles. The summed E-state index contributed by atoms with van der Waals surface area (Å²) >= 11 is 3.20. The average Bonchev–Trinajstić information content (AvgIpc) is 2.14. The van der Waals surface area contributed by atoms with Gasteiger partial charge in [-0.1, -0.05) is 90.3 Å². The summed E-state index contributed by atoms with van der Waals surface area (Å²) in [5.41, 5.74) is 0. The maximum Gasteiger partial charge on any atom is 0.129 e. The predicted molar refractivity (Wildman–Crippen MR) is 80.7 cm³/mol. The van der Waals surface area contributed by atoms with Crippen LogP contribution in [0.2, 0.25) is 4.28 Å². The molecule has 0 aromatic carbocycles. The van der Waals surface area contributed by atoms with Crippen molar-refractivity contribution < 1.29 is 0 Å². The van der Waals surface area contributed by atoms with Crippen molar-refractivity contribution in [3.8, 4) is 0 Å². The molecule has 0 bridgehead atoms. The highest BCUT2D eigenvalue weighted by molar-refractivity contribution is 6.15. The molecule has 0 nitrogen and oxygen atoms in total. The molecular formula is C16H33Al. The molecule has 0 unspecified atom stereocenters. The zero-order valence-electron chi connectivity index (χ0n) is 12.9. The Kier molecular flexibility index (Phi) is 9.76. The van der Waals surface area contributed by atoms with E-state index < -0.39 is 0 Å². The molecule has 0 atom stereocenters. The zero-order valence-corrected chi connectivity index (χ0v) is 14.0. The van der Waals surface area contributed by atoms with Crippen LogP contribution in [-0.4, -0.2) is 16.3 Å². The van der Waals surface area contributed by atoms with E-state index >= 15 is 0 Å². The Morgan fingerprint density at radius 1 is 0.824 bits per heavy atom. The second kappa shape index (κ2) is 9.46. The topological polar surface area (TPSA) is 0 Å². The van der Waals surface area contributed by atoms with Gasteiger partial charge in [-0.05, 0) is 11.8 Å². The van der Waals surface area contributed by atoms with E-state index in [1.165, 1.54) is 51.4 Å². The third-order valence-corrected chi connectivity index (χ3v) is 4.17. The van der Waals surface area contributed by atoms with E-state index in [-0.39, 0.29) is 0 Å². The predicted octanol–water partition coefficient (Wildman–Crippen LogP) is 5.77. The van der Waals surface area contributed by atoms with Crippen molar-refractivity contribution in [1.82, 2.24) is 0 Å². The summed E-state index contributed by atoms with van der Waals surface area (Å²) < 4.78 is 0.508. The Morgan fingerprint density at radius 2 is 1.29 bits per heavy atom. The van der Waals surface area contributed by atoms with Gasteiger partial charge in [0.15, 0.2) is 0 Å². The van der Waals surface area contributed by atoms with Crippen LogP contribution in [-0.2, 0) is 0 Å². The van der Waals surface area contributed by atoms with Gasteiger partial charge in [0.2, 0.25) is 0 Å². The molecule has 0 amide bonds. The van der Waals surface area contributed by atoms with E-state index in [2.05, 4.69) is 50.9 Å². The molecule has 0 fully saturated rings. The van der Waals surface area contributed by atoms with Gasteiger partial charge in [0.1, 0.15) is 16.3 Å². The van der Waals surface area contributed by atoms with Gasteiger partial charge in [0, 0.05) is 0 Å². The summed E-state index contributed by atoms with van der Waals surface area (Å²) in [5, 5.41) is 0. The van der Waals surface area contributed by atoms with Gasteiger partial charge in [0.25, 0.3) is 0 Å². The van der Waals surface area contributed by atoms with Crippen LogP contribution in [0, 0.1) is 11.8 Å². The number of hydrogen-bond acceptors (Lipinski definition) is 0. The Morgan fingerprint density at radius 3 is 1.71 bits per heavy atom. The Balaban J connectivity index is 4.00. The lowest BCUT2D eigenvalue weighted by molar-refractivity contribution is 0.334. The quantitative estimate of drug-likeness (QED) is 0.342. The lowest BCUT2D eigenvalue weighted by atomic mass is 9.84. The van der Waals surface area contributed by atoms with Crippen molar-refractivity contribution in [3.05, 3.63) is 0 Å². The second-order valence-electron chi connectivity index (χ2n) is 6.72. The molecule has 100 valence electrons. The van der Waals surface area contributed by atoms with Crippen molar-refractivity contribution in [3.63, 3.8) is 0 Å². The Hall–Kier alpha value is 0.532. The molecular weight excluding hydrogens is 219 g/mol. The molecule has 0 heterocycles. The van der Waals surface area contributed by atoms with Gasteiger partial charge in [-0.25, -0.2) is 0 Å². The maximum absolute atomic E-state index is 3.20. The fourth-order valence-corrected chi connectivity index (χ4v) is 4.14. The Labute approximate surface area is 118 Å². The molecule has 0 spiro atoms. The third-order valence-electron chi connectivity index (χ3n) is 3.41. The van der Waals surface area contributed by atoms with Gasteiger partial charge in [-0.15, -0.1) is 0 Å². The van der Waals surface area contributed by atoms with Gasteiger partial charge >= 0.3 is 0 Å². The highest BCUT2D eigenvalue weighted by Crippen LogP contribution is 2.42. The first kappa shape index (κ1) is 17.5. The molecule has 17 heavy (non-hydrogen) atoms. The SMILES string of the molecule is CCCCCCC[C]([Al])(CC(C)C)CC(C)C. The largest absolute Gasteiger partial charge is 0.129 e. The summed E-state index contributed by atoms with van der Waals surface area (Å²) in [6, 6.07) is 0. The molecule has 0 aromatic rings. The minimum absolute atomic E-state index is 0.508. The van der Waals surface area contributed by atoms with Gasteiger partial charge in [0.05, 0.1) is 0 Å². The molecule has 0 rings (SSSR count). The Bertz CT molecular complexity index is 162. The van der Waals surface area contributed by atoms with Crippen LogP contribution in [0.4, 0.5) is 0 Å².